The summed E-state index contributed by atoms with van der Waals surface area (Å²) in [5.41, 5.74) is 1.11. The lowest BCUT2D eigenvalue weighted by Crippen LogP contribution is -2.29. The summed E-state index contributed by atoms with van der Waals surface area (Å²) in [6, 6.07) is 7.30. The number of benzene rings is 1. The molecule has 0 radical (unpaired) electrons. The smallest absolute Gasteiger partial charge is 0.264 e. The first-order valence-corrected chi connectivity index (χ1v) is 9.86. The zero-order chi connectivity index (χ0) is 18.4. The van der Waals surface area contributed by atoms with Crippen LogP contribution in [0.3, 0.4) is 0 Å². The van der Waals surface area contributed by atoms with Crippen LogP contribution in [0.5, 0.6) is 11.5 Å². The highest BCUT2D eigenvalue weighted by atomic mass is 32.1. The molecule has 1 aliphatic rings. The standard InChI is InChI=1S/C19H25N3O3S/c1-3-11-24-14-5-7-15(8-6-14)25-13-18(23)21-19-20-16-9-10-22(4-2)12-17(16)26-19/h5-8H,3-4,9-13H2,1-2H3,(H,20,21,23). The van der Waals surface area contributed by atoms with E-state index in [0.717, 1.165) is 43.9 Å². The Morgan fingerprint density at radius 3 is 2.65 bits per heavy atom. The number of rotatable bonds is 8. The van der Waals surface area contributed by atoms with Gasteiger partial charge in [-0.2, -0.15) is 0 Å². The van der Waals surface area contributed by atoms with Crippen molar-refractivity contribution < 1.29 is 14.3 Å². The Labute approximate surface area is 158 Å². The molecular formula is C19H25N3O3S. The highest BCUT2D eigenvalue weighted by molar-refractivity contribution is 7.15. The van der Waals surface area contributed by atoms with Gasteiger partial charge < -0.3 is 9.47 Å². The maximum Gasteiger partial charge on any atom is 0.264 e. The van der Waals surface area contributed by atoms with E-state index in [9.17, 15) is 4.79 Å². The molecule has 2 heterocycles. The molecular weight excluding hydrogens is 350 g/mol. The molecule has 0 spiro atoms. The molecule has 3 rings (SSSR count). The minimum Gasteiger partial charge on any atom is -0.494 e. The van der Waals surface area contributed by atoms with Gasteiger partial charge in [-0.1, -0.05) is 13.8 Å². The lowest BCUT2D eigenvalue weighted by atomic mass is 10.2. The number of likely N-dealkylation sites (N-methyl/N-ethyl adjacent to an activating group) is 1. The molecule has 6 nitrogen and oxygen atoms in total. The Morgan fingerprint density at radius 1 is 1.23 bits per heavy atom. The van der Waals surface area contributed by atoms with Gasteiger partial charge in [-0.25, -0.2) is 4.98 Å². The molecule has 2 aromatic rings. The molecule has 1 aromatic heterocycles. The lowest BCUT2D eigenvalue weighted by molar-refractivity contribution is -0.118. The molecule has 140 valence electrons. The van der Waals surface area contributed by atoms with Gasteiger partial charge in [0, 0.05) is 24.4 Å². The van der Waals surface area contributed by atoms with Crippen LogP contribution in [0.2, 0.25) is 0 Å². The van der Waals surface area contributed by atoms with Crippen molar-refractivity contribution in [1.82, 2.24) is 9.88 Å². The minimum absolute atomic E-state index is 0.0412. The topological polar surface area (TPSA) is 63.7 Å². The number of hydrogen-bond donors (Lipinski definition) is 1. The Balaban J connectivity index is 1.48. The summed E-state index contributed by atoms with van der Waals surface area (Å²) in [6.45, 7) is 7.86. The van der Waals surface area contributed by atoms with E-state index in [1.165, 1.54) is 4.88 Å². The normalized spacial score (nSPS) is 13.9. The first-order chi connectivity index (χ1) is 12.7. The maximum absolute atomic E-state index is 12.1. The number of carbonyl (C=O) groups is 1. The van der Waals surface area contributed by atoms with Crippen LogP contribution in [-0.2, 0) is 17.8 Å². The van der Waals surface area contributed by atoms with E-state index < -0.39 is 0 Å². The molecule has 1 aliphatic heterocycles. The number of amides is 1. The molecule has 0 atom stereocenters. The van der Waals surface area contributed by atoms with Crippen molar-refractivity contribution in [3.63, 3.8) is 0 Å². The molecule has 0 unspecified atom stereocenters. The Morgan fingerprint density at radius 2 is 1.96 bits per heavy atom. The van der Waals surface area contributed by atoms with Gasteiger partial charge in [-0.05, 0) is 37.2 Å². The van der Waals surface area contributed by atoms with E-state index >= 15 is 0 Å². The molecule has 0 aliphatic carbocycles. The number of thiazole rings is 1. The van der Waals surface area contributed by atoms with Gasteiger partial charge in [0.2, 0.25) is 0 Å². The zero-order valence-corrected chi connectivity index (χ0v) is 16.1. The van der Waals surface area contributed by atoms with E-state index in [1.54, 1.807) is 23.5 Å². The fraction of sp³-hybridized carbons (Fsp3) is 0.474. The van der Waals surface area contributed by atoms with Crippen molar-refractivity contribution in [3.05, 3.63) is 34.8 Å². The summed E-state index contributed by atoms with van der Waals surface area (Å²) in [5.74, 6) is 1.24. The average molecular weight is 375 g/mol. The third kappa shape index (κ3) is 4.95. The fourth-order valence-electron chi connectivity index (χ4n) is 2.73. The zero-order valence-electron chi connectivity index (χ0n) is 15.3. The number of nitrogens with one attached hydrogen (secondary N) is 1. The quantitative estimate of drug-likeness (QED) is 0.767. The predicted molar refractivity (Wildman–Crippen MR) is 103 cm³/mol. The third-order valence-corrected chi connectivity index (χ3v) is 5.17. The van der Waals surface area contributed by atoms with Gasteiger partial charge in [0.1, 0.15) is 11.5 Å². The second-order valence-electron chi connectivity index (χ2n) is 6.16. The van der Waals surface area contributed by atoms with Crippen LogP contribution in [0.4, 0.5) is 5.13 Å². The van der Waals surface area contributed by atoms with E-state index in [-0.39, 0.29) is 12.5 Å². The maximum atomic E-state index is 12.1. The van der Waals surface area contributed by atoms with Crippen molar-refractivity contribution in [2.75, 3.05) is 31.6 Å². The van der Waals surface area contributed by atoms with Crippen LogP contribution in [0.15, 0.2) is 24.3 Å². The number of nitrogens with zero attached hydrogens (tertiary/aromatic N) is 2. The molecule has 7 heteroatoms. The van der Waals surface area contributed by atoms with Gasteiger partial charge in [-0.15, -0.1) is 11.3 Å². The SMILES string of the molecule is CCCOc1ccc(OCC(=O)Nc2nc3c(s2)CN(CC)CC3)cc1. The molecule has 0 saturated heterocycles. The molecule has 1 N–H and O–H groups in total. The summed E-state index contributed by atoms with van der Waals surface area (Å²) < 4.78 is 11.1. The monoisotopic (exact) mass is 375 g/mol. The number of carbonyl (C=O) groups excluding carboxylic acids is 1. The van der Waals surface area contributed by atoms with Crippen LogP contribution in [0, 0.1) is 0 Å². The van der Waals surface area contributed by atoms with Crippen LogP contribution < -0.4 is 14.8 Å². The van der Waals surface area contributed by atoms with Gasteiger partial charge in [-0.3, -0.25) is 15.0 Å². The summed E-state index contributed by atoms with van der Waals surface area (Å²) in [7, 11) is 0. The van der Waals surface area contributed by atoms with Crippen molar-refractivity contribution in [2.45, 2.75) is 33.2 Å². The molecule has 1 aromatic carbocycles. The van der Waals surface area contributed by atoms with Crippen LogP contribution in [0.1, 0.15) is 30.8 Å². The average Bonchev–Trinajstić information content (AvgIpc) is 3.06. The van der Waals surface area contributed by atoms with Gasteiger partial charge in [0.15, 0.2) is 11.7 Å². The summed E-state index contributed by atoms with van der Waals surface area (Å²) in [4.78, 5) is 20.3. The molecule has 26 heavy (non-hydrogen) atoms. The van der Waals surface area contributed by atoms with Crippen molar-refractivity contribution in [3.8, 4) is 11.5 Å². The van der Waals surface area contributed by atoms with Crippen LogP contribution in [0.25, 0.3) is 0 Å². The number of aromatic nitrogens is 1. The molecule has 0 bridgehead atoms. The Kier molecular flexibility index (Phi) is 6.46. The minimum atomic E-state index is -0.199. The predicted octanol–water partition coefficient (Wildman–Crippen LogP) is 3.33. The number of anilines is 1. The highest BCUT2D eigenvalue weighted by Crippen LogP contribution is 2.28. The summed E-state index contributed by atoms with van der Waals surface area (Å²) in [6.07, 6.45) is 1.91. The first-order valence-electron chi connectivity index (χ1n) is 9.04. The Hall–Kier alpha value is -2.12. The summed E-state index contributed by atoms with van der Waals surface area (Å²) in [5, 5.41) is 3.50. The van der Waals surface area contributed by atoms with Crippen molar-refractivity contribution in [1.29, 1.82) is 0 Å². The summed E-state index contributed by atoms with van der Waals surface area (Å²) >= 11 is 1.56. The van der Waals surface area contributed by atoms with Gasteiger partial charge in [0.05, 0.1) is 12.3 Å². The van der Waals surface area contributed by atoms with E-state index in [2.05, 4.69) is 29.0 Å². The van der Waals surface area contributed by atoms with Crippen molar-refractivity contribution >= 4 is 22.4 Å². The number of ether oxygens (including phenoxy) is 2. The van der Waals surface area contributed by atoms with Crippen molar-refractivity contribution in [2.24, 2.45) is 0 Å². The third-order valence-electron chi connectivity index (χ3n) is 4.17. The van der Waals surface area contributed by atoms with E-state index in [4.69, 9.17) is 9.47 Å². The second-order valence-corrected chi connectivity index (χ2v) is 7.25. The molecule has 0 fully saturated rings. The first kappa shape index (κ1) is 18.7. The number of fused-ring (bicyclic) bond motifs is 1. The van der Waals surface area contributed by atoms with E-state index in [0.29, 0.717) is 17.5 Å². The number of hydrogen-bond acceptors (Lipinski definition) is 6. The van der Waals surface area contributed by atoms with Crippen LogP contribution in [-0.4, -0.2) is 42.1 Å². The van der Waals surface area contributed by atoms with E-state index in [1.807, 2.05) is 12.1 Å². The van der Waals surface area contributed by atoms with Gasteiger partial charge >= 0.3 is 0 Å². The highest BCUT2D eigenvalue weighted by Gasteiger charge is 2.20. The molecule has 1 amide bonds. The molecule has 0 saturated carbocycles. The lowest BCUT2D eigenvalue weighted by Gasteiger charge is -2.23. The van der Waals surface area contributed by atoms with Crippen LogP contribution >= 0.6 is 11.3 Å². The van der Waals surface area contributed by atoms with Gasteiger partial charge in [0.25, 0.3) is 5.91 Å². The Bertz CT molecular complexity index is 730. The largest absolute Gasteiger partial charge is 0.494 e. The fourth-order valence-corrected chi connectivity index (χ4v) is 3.79. The second kappa shape index (κ2) is 9.00.